The third-order valence-electron chi connectivity index (χ3n) is 4.53. The lowest BCUT2D eigenvalue weighted by molar-refractivity contribution is -0.147. The number of fused-ring (bicyclic) bond motifs is 1. The number of esters is 1. The van der Waals surface area contributed by atoms with Crippen molar-refractivity contribution in [1.29, 1.82) is 0 Å². The predicted octanol–water partition coefficient (Wildman–Crippen LogP) is 3.65. The fourth-order valence-electron chi connectivity index (χ4n) is 3.49. The van der Waals surface area contributed by atoms with Gasteiger partial charge in [0, 0.05) is 37.0 Å². The largest absolute Gasteiger partial charge is 0.460 e. The fourth-order valence-corrected chi connectivity index (χ4v) is 3.49. The van der Waals surface area contributed by atoms with Crippen molar-refractivity contribution in [2.75, 3.05) is 6.54 Å². The van der Waals surface area contributed by atoms with Crippen molar-refractivity contribution in [3.63, 3.8) is 0 Å². The maximum Gasteiger partial charge on any atom is 0.410 e. The highest BCUT2D eigenvalue weighted by molar-refractivity contribution is 5.83. The van der Waals surface area contributed by atoms with Gasteiger partial charge in [-0.25, -0.2) is 4.79 Å². The lowest BCUT2D eigenvalue weighted by Gasteiger charge is -2.30. The molecular weight excluding hydrogens is 332 g/mol. The van der Waals surface area contributed by atoms with E-state index in [9.17, 15) is 9.59 Å². The summed E-state index contributed by atoms with van der Waals surface area (Å²) >= 11 is 0. The van der Waals surface area contributed by atoms with Gasteiger partial charge in [-0.1, -0.05) is 18.2 Å². The lowest BCUT2D eigenvalue weighted by atomic mass is 10.0. The molecule has 140 valence electrons. The minimum atomic E-state index is -0.568. The van der Waals surface area contributed by atoms with E-state index >= 15 is 0 Å². The molecule has 6 nitrogen and oxygen atoms in total. The average Bonchev–Trinajstić information content (AvgIpc) is 3.11. The Labute approximate surface area is 153 Å². The molecule has 0 aliphatic carbocycles. The van der Waals surface area contributed by atoms with Gasteiger partial charge in [0.25, 0.3) is 0 Å². The van der Waals surface area contributed by atoms with E-state index in [1.165, 1.54) is 6.92 Å². The van der Waals surface area contributed by atoms with Crippen molar-refractivity contribution in [3.8, 4) is 0 Å². The molecule has 2 heterocycles. The van der Waals surface area contributed by atoms with Crippen molar-refractivity contribution in [2.45, 2.75) is 58.3 Å². The van der Waals surface area contributed by atoms with Crippen LogP contribution < -0.4 is 0 Å². The Kier molecular flexibility index (Phi) is 4.94. The number of nitrogens with zero attached hydrogens (tertiary/aromatic N) is 1. The lowest BCUT2D eigenvalue weighted by Crippen LogP contribution is -2.44. The molecular formula is C20H26N2O4. The Morgan fingerprint density at radius 1 is 1.27 bits per heavy atom. The topological polar surface area (TPSA) is 71.6 Å². The van der Waals surface area contributed by atoms with Crippen LogP contribution in [0.4, 0.5) is 4.79 Å². The molecule has 0 spiro atoms. The SMILES string of the molecule is CC(=O)O[C@@H]1CCN(C(=O)OC(C)(C)C)[C@@H]1Cc1c[nH]c2ccccc12. The van der Waals surface area contributed by atoms with E-state index in [1.54, 1.807) is 4.90 Å². The normalized spacial score (nSPS) is 20.4. The smallest absolute Gasteiger partial charge is 0.410 e. The van der Waals surface area contributed by atoms with Crippen molar-refractivity contribution in [2.24, 2.45) is 0 Å². The first-order valence-electron chi connectivity index (χ1n) is 8.96. The number of H-pyrrole nitrogens is 1. The van der Waals surface area contributed by atoms with Crippen molar-refractivity contribution in [1.82, 2.24) is 9.88 Å². The van der Waals surface area contributed by atoms with Crippen LogP contribution in [0.3, 0.4) is 0 Å². The summed E-state index contributed by atoms with van der Waals surface area (Å²) in [5.74, 6) is -0.329. The van der Waals surface area contributed by atoms with Gasteiger partial charge >= 0.3 is 12.1 Å². The van der Waals surface area contributed by atoms with Crippen LogP contribution in [0.15, 0.2) is 30.5 Å². The Bertz CT molecular complexity index is 805. The van der Waals surface area contributed by atoms with E-state index in [0.717, 1.165) is 16.5 Å². The zero-order valence-corrected chi connectivity index (χ0v) is 15.7. The zero-order chi connectivity index (χ0) is 18.9. The van der Waals surface area contributed by atoms with E-state index in [1.807, 2.05) is 45.2 Å². The van der Waals surface area contributed by atoms with Crippen molar-refractivity contribution in [3.05, 3.63) is 36.0 Å². The number of likely N-dealkylation sites (tertiary alicyclic amines) is 1. The molecule has 1 aromatic heterocycles. The Morgan fingerprint density at radius 3 is 2.69 bits per heavy atom. The number of carbonyl (C=O) groups excluding carboxylic acids is 2. The number of nitrogens with one attached hydrogen (secondary N) is 1. The molecule has 6 heteroatoms. The summed E-state index contributed by atoms with van der Waals surface area (Å²) in [6.07, 6.45) is 2.49. The summed E-state index contributed by atoms with van der Waals surface area (Å²) in [4.78, 5) is 29.1. The fraction of sp³-hybridized carbons (Fsp3) is 0.500. The van der Waals surface area contributed by atoms with Crippen LogP contribution in [-0.4, -0.2) is 46.2 Å². The first kappa shape index (κ1) is 18.3. The van der Waals surface area contributed by atoms with Crippen LogP contribution in [0.25, 0.3) is 10.9 Å². The molecule has 26 heavy (non-hydrogen) atoms. The number of para-hydroxylation sites is 1. The molecule has 2 aromatic rings. The molecule has 0 unspecified atom stereocenters. The van der Waals surface area contributed by atoms with E-state index < -0.39 is 5.60 Å². The standard InChI is InChI=1S/C20H26N2O4/c1-13(23)25-18-9-10-22(19(24)26-20(2,3)4)17(18)11-14-12-21-16-8-6-5-7-15(14)16/h5-8,12,17-18,21H,9-11H2,1-4H3/t17-,18-/m1/s1. The highest BCUT2D eigenvalue weighted by Gasteiger charge is 2.41. The minimum absolute atomic E-state index is 0.243. The molecule has 0 bridgehead atoms. The van der Waals surface area contributed by atoms with E-state index in [4.69, 9.17) is 9.47 Å². The molecule has 1 aromatic carbocycles. The summed E-state index contributed by atoms with van der Waals surface area (Å²) in [5, 5.41) is 1.12. The van der Waals surface area contributed by atoms with Gasteiger partial charge in [-0.05, 0) is 38.8 Å². The molecule has 1 fully saturated rings. The molecule has 0 radical (unpaired) electrons. The van der Waals surface area contributed by atoms with Gasteiger partial charge in [0.2, 0.25) is 0 Å². The zero-order valence-electron chi connectivity index (χ0n) is 15.7. The third kappa shape index (κ3) is 4.00. The maximum atomic E-state index is 12.7. The number of ether oxygens (including phenoxy) is 2. The van der Waals surface area contributed by atoms with Gasteiger partial charge in [-0.15, -0.1) is 0 Å². The number of aromatic amines is 1. The average molecular weight is 358 g/mol. The number of aromatic nitrogens is 1. The summed E-state index contributed by atoms with van der Waals surface area (Å²) in [5.41, 5.74) is 1.58. The summed E-state index contributed by atoms with van der Waals surface area (Å²) in [6.45, 7) is 7.45. The van der Waals surface area contributed by atoms with Gasteiger partial charge in [-0.2, -0.15) is 0 Å². The van der Waals surface area contributed by atoms with Crippen LogP contribution in [0.1, 0.15) is 39.7 Å². The molecule has 1 aliphatic heterocycles. The highest BCUT2D eigenvalue weighted by Crippen LogP contribution is 2.29. The van der Waals surface area contributed by atoms with E-state index in [0.29, 0.717) is 19.4 Å². The molecule has 1 aliphatic rings. The number of hydrogen-bond acceptors (Lipinski definition) is 4. The summed E-state index contributed by atoms with van der Waals surface area (Å²) < 4.78 is 11.0. The quantitative estimate of drug-likeness (QED) is 0.850. The van der Waals surface area contributed by atoms with Gasteiger partial charge < -0.3 is 19.4 Å². The highest BCUT2D eigenvalue weighted by atomic mass is 16.6. The monoisotopic (exact) mass is 358 g/mol. The van der Waals surface area contributed by atoms with Crippen LogP contribution in [0.5, 0.6) is 0 Å². The number of amides is 1. The van der Waals surface area contributed by atoms with E-state index in [2.05, 4.69) is 11.1 Å². The van der Waals surface area contributed by atoms with Crippen LogP contribution in [0.2, 0.25) is 0 Å². The Hall–Kier alpha value is -2.50. The van der Waals surface area contributed by atoms with Crippen molar-refractivity contribution < 1.29 is 19.1 Å². The molecule has 3 rings (SSSR count). The second kappa shape index (κ2) is 7.02. The molecule has 1 amide bonds. The first-order chi connectivity index (χ1) is 12.2. The van der Waals surface area contributed by atoms with Crippen molar-refractivity contribution >= 4 is 23.0 Å². The molecule has 1 saturated heterocycles. The number of benzene rings is 1. The van der Waals surface area contributed by atoms with Crippen LogP contribution in [0, 0.1) is 0 Å². The number of carbonyl (C=O) groups is 2. The summed E-state index contributed by atoms with van der Waals surface area (Å²) in [6, 6.07) is 7.79. The van der Waals surface area contributed by atoms with Gasteiger partial charge in [0.1, 0.15) is 11.7 Å². The molecule has 0 saturated carbocycles. The van der Waals surface area contributed by atoms with E-state index in [-0.39, 0.29) is 24.2 Å². The molecule has 2 atom stereocenters. The summed E-state index contributed by atoms with van der Waals surface area (Å²) in [7, 11) is 0. The van der Waals surface area contributed by atoms with Gasteiger partial charge in [0.15, 0.2) is 0 Å². The van der Waals surface area contributed by atoms with Gasteiger partial charge in [-0.3, -0.25) is 4.79 Å². The molecule has 1 N–H and O–H groups in total. The second-order valence-electron chi connectivity index (χ2n) is 7.74. The second-order valence-corrected chi connectivity index (χ2v) is 7.74. The first-order valence-corrected chi connectivity index (χ1v) is 8.96. The minimum Gasteiger partial charge on any atom is -0.460 e. The number of rotatable bonds is 3. The predicted molar refractivity (Wildman–Crippen MR) is 98.9 cm³/mol. The van der Waals surface area contributed by atoms with Crippen LogP contribution >= 0.6 is 0 Å². The van der Waals surface area contributed by atoms with Gasteiger partial charge in [0.05, 0.1) is 6.04 Å². The van der Waals surface area contributed by atoms with Crippen LogP contribution in [-0.2, 0) is 20.7 Å². The maximum absolute atomic E-state index is 12.7. The Morgan fingerprint density at radius 2 is 2.00 bits per heavy atom. The Balaban J connectivity index is 1.86. The third-order valence-corrected chi connectivity index (χ3v) is 4.53. The number of hydrogen-bond donors (Lipinski definition) is 1.